The molecule has 108 valence electrons. The van der Waals surface area contributed by atoms with Gasteiger partial charge in [-0.3, -0.25) is 0 Å². The van der Waals surface area contributed by atoms with Crippen molar-refractivity contribution < 1.29 is 5.11 Å². The van der Waals surface area contributed by atoms with Gasteiger partial charge in [0, 0.05) is 0 Å². The fraction of sp³-hybridized carbons (Fsp3) is 0.667. The summed E-state index contributed by atoms with van der Waals surface area (Å²) in [5, 5.41) is 10.9. The third-order valence-electron chi connectivity index (χ3n) is 4.83. The molecule has 19 heavy (non-hydrogen) atoms. The summed E-state index contributed by atoms with van der Waals surface area (Å²) < 4.78 is 0. The summed E-state index contributed by atoms with van der Waals surface area (Å²) in [6, 6.07) is 10.6. The Morgan fingerprint density at radius 2 is 1.74 bits per heavy atom. The highest BCUT2D eigenvalue weighted by Gasteiger charge is 2.52. The van der Waals surface area contributed by atoms with Crippen LogP contribution in [0.2, 0.25) is 0 Å². The molecule has 0 aliphatic heterocycles. The summed E-state index contributed by atoms with van der Waals surface area (Å²) in [6.45, 7) is 10.5. The number of rotatable bonds is 3. The third-order valence-corrected chi connectivity index (χ3v) is 4.83. The predicted molar refractivity (Wildman–Crippen MR) is 83.2 cm³/mol. The van der Waals surface area contributed by atoms with Gasteiger partial charge in [0.05, 0.1) is 5.60 Å². The van der Waals surface area contributed by atoms with E-state index in [4.69, 9.17) is 0 Å². The van der Waals surface area contributed by atoms with Gasteiger partial charge in [0.15, 0.2) is 0 Å². The number of aliphatic hydroxyl groups is 1. The lowest BCUT2D eigenvalue weighted by atomic mass is 9.71. The molecule has 1 nitrogen and oxygen atoms in total. The molecule has 0 amide bonds. The lowest BCUT2D eigenvalue weighted by Gasteiger charge is -2.40. The summed E-state index contributed by atoms with van der Waals surface area (Å²) in [5.41, 5.74) is 0.909. The van der Waals surface area contributed by atoms with Crippen LogP contribution < -0.4 is 0 Å². The molecule has 1 saturated carbocycles. The SMILES string of the molecule is CC.CCC1(O)C(Cc2ccccc2)CCC1(C)C. The first-order chi connectivity index (χ1) is 8.99. The van der Waals surface area contributed by atoms with E-state index in [1.54, 1.807) is 0 Å². The molecule has 0 heterocycles. The van der Waals surface area contributed by atoms with E-state index in [2.05, 4.69) is 45.0 Å². The highest BCUT2D eigenvalue weighted by atomic mass is 16.3. The van der Waals surface area contributed by atoms with Crippen LogP contribution in [-0.4, -0.2) is 10.7 Å². The minimum atomic E-state index is -0.497. The molecule has 1 aliphatic carbocycles. The van der Waals surface area contributed by atoms with Gasteiger partial charge in [-0.2, -0.15) is 0 Å². The summed E-state index contributed by atoms with van der Waals surface area (Å²) in [6.07, 6.45) is 4.15. The van der Waals surface area contributed by atoms with Gasteiger partial charge in [-0.1, -0.05) is 65.0 Å². The summed E-state index contributed by atoms with van der Waals surface area (Å²) in [5.74, 6) is 0.407. The zero-order valence-electron chi connectivity index (χ0n) is 13.2. The van der Waals surface area contributed by atoms with Gasteiger partial charge in [0.25, 0.3) is 0 Å². The van der Waals surface area contributed by atoms with E-state index in [1.165, 1.54) is 5.56 Å². The van der Waals surface area contributed by atoms with Crippen molar-refractivity contribution in [1.82, 2.24) is 0 Å². The van der Waals surface area contributed by atoms with Gasteiger partial charge in [0.2, 0.25) is 0 Å². The molecule has 1 heteroatoms. The van der Waals surface area contributed by atoms with Crippen molar-refractivity contribution in [2.24, 2.45) is 11.3 Å². The maximum absolute atomic E-state index is 10.9. The Bertz CT molecular complexity index is 369. The van der Waals surface area contributed by atoms with E-state index < -0.39 is 5.60 Å². The Kier molecular flexibility index (Phi) is 5.61. The van der Waals surface area contributed by atoms with Crippen molar-refractivity contribution in [2.45, 2.75) is 65.9 Å². The lowest BCUT2D eigenvalue weighted by molar-refractivity contribution is -0.0784. The number of benzene rings is 1. The van der Waals surface area contributed by atoms with Crippen LogP contribution in [0.5, 0.6) is 0 Å². The predicted octanol–water partition coefficient (Wildman–Crippen LogP) is 4.83. The topological polar surface area (TPSA) is 20.2 Å². The van der Waals surface area contributed by atoms with Gasteiger partial charge in [-0.25, -0.2) is 0 Å². The van der Waals surface area contributed by atoms with Crippen molar-refractivity contribution in [3.05, 3.63) is 35.9 Å². The molecule has 2 atom stereocenters. The second-order valence-corrected chi connectivity index (χ2v) is 6.09. The molecule has 0 radical (unpaired) electrons. The molecule has 0 spiro atoms. The molecule has 0 aromatic heterocycles. The summed E-state index contributed by atoms with van der Waals surface area (Å²) >= 11 is 0. The monoisotopic (exact) mass is 262 g/mol. The van der Waals surface area contributed by atoms with E-state index in [0.29, 0.717) is 5.92 Å². The number of hydrogen-bond acceptors (Lipinski definition) is 1. The molecular weight excluding hydrogens is 232 g/mol. The summed E-state index contributed by atoms with van der Waals surface area (Å²) in [4.78, 5) is 0. The Morgan fingerprint density at radius 1 is 1.16 bits per heavy atom. The standard InChI is InChI=1S/C16H24O.C2H6/c1-4-16(17)14(10-11-15(16,2)3)12-13-8-6-5-7-9-13;1-2/h5-9,14,17H,4,10-12H2,1-3H3;1-2H3. The van der Waals surface area contributed by atoms with Gasteiger partial charge >= 0.3 is 0 Å². The maximum Gasteiger partial charge on any atom is 0.0726 e. The maximum atomic E-state index is 10.9. The molecule has 1 fully saturated rings. The zero-order valence-corrected chi connectivity index (χ0v) is 13.2. The second-order valence-electron chi connectivity index (χ2n) is 6.09. The molecule has 0 saturated heterocycles. The van der Waals surface area contributed by atoms with Crippen molar-refractivity contribution in [1.29, 1.82) is 0 Å². The van der Waals surface area contributed by atoms with E-state index in [0.717, 1.165) is 25.7 Å². The van der Waals surface area contributed by atoms with E-state index in [-0.39, 0.29) is 5.41 Å². The van der Waals surface area contributed by atoms with Crippen LogP contribution in [0.25, 0.3) is 0 Å². The molecule has 1 N–H and O–H groups in total. The number of hydrogen-bond donors (Lipinski definition) is 1. The molecule has 0 bridgehead atoms. The van der Waals surface area contributed by atoms with E-state index >= 15 is 0 Å². The van der Waals surface area contributed by atoms with E-state index in [9.17, 15) is 5.11 Å². The molecule has 1 aromatic carbocycles. The first kappa shape index (κ1) is 16.2. The Morgan fingerprint density at radius 3 is 2.26 bits per heavy atom. The van der Waals surface area contributed by atoms with Crippen LogP contribution >= 0.6 is 0 Å². The first-order valence-electron chi connectivity index (χ1n) is 7.76. The minimum absolute atomic E-state index is 0.0567. The average molecular weight is 262 g/mol. The van der Waals surface area contributed by atoms with Crippen LogP contribution in [0.15, 0.2) is 30.3 Å². The molecule has 1 aliphatic rings. The highest BCUT2D eigenvalue weighted by Crippen LogP contribution is 2.52. The fourth-order valence-corrected chi connectivity index (χ4v) is 3.48. The Labute approximate surface area is 119 Å². The highest BCUT2D eigenvalue weighted by molar-refractivity contribution is 5.18. The van der Waals surface area contributed by atoms with Crippen LogP contribution in [0.4, 0.5) is 0 Å². The average Bonchev–Trinajstić information content (AvgIpc) is 2.66. The molecule has 2 rings (SSSR count). The quantitative estimate of drug-likeness (QED) is 0.827. The Hall–Kier alpha value is -0.820. The van der Waals surface area contributed by atoms with Gasteiger partial charge in [0.1, 0.15) is 0 Å². The molecule has 2 unspecified atom stereocenters. The molecular formula is C18H30O. The largest absolute Gasteiger partial charge is 0.389 e. The van der Waals surface area contributed by atoms with E-state index in [1.807, 2.05) is 19.9 Å². The van der Waals surface area contributed by atoms with Crippen molar-refractivity contribution in [3.63, 3.8) is 0 Å². The Balaban J connectivity index is 0.000000861. The fourth-order valence-electron chi connectivity index (χ4n) is 3.48. The van der Waals surface area contributed by atoms with Crippen LogP contribution in [0, 0.1) is 11.3 Å². The third kappa shape index (κ3) is 3.20. The van der Waals surface area contributed by atoms with Crippen LogP contribution in [-0.2, 0) is 6.42 Å². The van der Waals surface area contributed by atoms with Gasteiger partial charge < -0.3 is 5.11 Å². The van der Waals surface area contributed by atoms with Crippen LogP contribution in [0.3, 0.4) is 0 Å². The second kappa shape index (κ2) is 6.56. The van der Waals surface area contributed by atoms with Gasteiger partial charge in [-0.05, 0) is 42.6 Å². The smallest absolute Gasteiger partial charge is 0.0726 e. The van der Waals surface area contributed by atoms with Crippen molar-refractivity contribution >= 4 is 0 Å². The van der Waals surface area contributed by atoms with Crippen molar-refractivity contribution in [3.8, 4) is 0 Å². The van der Waals surface area contributed by atoms with Crippen LogP contribution in [0.1, 0.15) is 59.4 Å². The normalized spacial score (nSPS) is 28.6. The summed E-state index contributed by atoms with van der Waals surface area (Å²) in [7, 11) is 0. The van der Waals surface area contributed by atoms with Gasteiger partial charge in [-0.15, -0.1) is 0 Å². The zero-order chi connectivity index (χ0) is 14.5. The van der Waals surface area contributed by atoms with Crippen molar-refractivity contribution in [2.75, 3.05) is 0 Å². The first-order valence-corrected chi connectivity index (χ1v) is 7.76. The lowest BCUT2D eigenvalue weighted by Crippen LogP contribution is -2.45. The molecule has 1 aromatic rings. The minimum Gasteiger partial charge on any atom is -0.389 e.